The van der Waals surface area contributed by atoms with Gasteiger partial charge < -0.3 is 5.32 Å². The largest absolute Gasteiger partial charge is 0.340 e. The standard InChI is InChI=1S/C12H14FN5/c1-7-3-9(13)6-10(4-7)16-11-5-8(2)15-12(17-11)18-14/h3-6H,14H2,1-2H3,(H2,15,16,17,18). The van der Waals surface area contributed by atoms with Crippen LogP contribution in [0, 0.1) is 19.7 Å². The summed E-state index contributed by atoms with van der Waals surface area (Å²) in [6.45, 7) is 3.65. The van der Waals surface area contributed by atoms with Crippen molar-refractivity contribution in [2.75, 3.05) is 10.7 Å². The van der Waals surface area contributed by atoms with Crippen molar-refractivity contribution in [2.24, 2.45) is 5.84 Å². The molecule has 18 heavy (non-hydrogen) atoms. The number of hydrogen-bond donors (Lipinski definition) is 3. The second-order valence-electron chi connectivity index (χ2n) is 4.00. The molecule has 4 N–H and O–H groups in total. The van der Waals surface area contributed by atoms with Crippen LogP contribution in [0.3, 0.4) is 0 Å². The number of hydrogen-bond acceptors (Lipinski definition) is 5. The summed E-state index contributed by atoms with van der Waals surface area (Å²) in [7, 11) is 0. The van der Waals surface area contributed by atoms with Crippen LogP contribution >= 0.6 is 0 Å². The zero-order valence-electron chi connectivity index (χ0n) is 10.2. The molecule has 2 aromatic rings. The Kier molecular flexibility index (Phi) is 3.38. The molecule has 6 heteroatoms. The van der Waals surface area contributed by atoms with Gasteiger partial charge in [0.05, 0.1) is 0 Å². The number of aromatic nitrogens is 2. The van der Waals surface area contributed by atoms with E-state index < -0.39 is 0 Å². The molecule has 0 aliphatic carbocycles. The van der Waals surface area contributed by atoms with Crippen molar-refractivity contribution in [3.8, 4) is 0 Å². The topological polar surface area (TPSA) is 75.9 Å². The maximum absolute atomic E-state index is 13.3. The number of rotatable bonds is 3. The highest BCUT2D eigenvalue weighted by atomic mass is 19.1. The molecule has 2 rings (SSSR count). The third-order valence-corrected chi connectivity index (χ3v) is 2.30. The van der Waals surface area contributed by atoms with Gasteiger partial charge in [0.25, 0.3) is 0 Å². The molecule has 5 nitrogen and oxygen atoms in total. The van der Waals surface area contributed by atoms with Crippen LogP contribution in [0.5, 0.6) is 0 Å². The van der Waals surface area contributed by atoms with Crippen molar-refractivity contribution in [3.63, 3.8) is 0 Å². The van der Waals surface area contributed by atoms with Gasteiger partial charge in [0.2, 0.25) is 5.95 Å². The number of hydrazine groups is 1. The Morgan fingerprint density at radius 1 is 1.11 bits per heavy atom. The minimum absolute atomic E-state index is 0.291. The molecule has 0 spiro atoms. The predicted molar refractivity (Wildman–Crippen MR) is 69.0 cm³/mol. The molecule has 0 saturated carbocycles. The molecule has 1 heterocycles. The number of nitrogens with one attached hydrogen (secondary N) is 2. The van der Waals surface area contributed by atoms with Crippen LogP contribution in [-0.4, -0.2) is 9.97 Å². The molecule has 0 atom stereocenters. The van der Waals surface area contributed by atoms with Gasteiger partial charge in [-0.25, -0.2) is 15.2 Å². The van der Waals surface area contributed by atoms with Gasteiger partial charge in [0.15, 0.2) is 0 Å². The molecule has 0 unspecified atom stereocenters. The minimum atomic E-state index is -0.291. The number of aryl methyl sites for hydroxylation is 2. The molecule has 0 aliphatic rings. The Hall–Kier alpha value is -2.21. The second-order valence-corrected chi connectivity index (χ2v) is 4.00. The van der Waals surface area contributed by atoms with Crippen molar-refractivity contribution in [3.05, 3.63) is 41.3 Å². The summed E-state index contributed by atoms with van der Waals surface area (Å²) in [5.41, 5.74) is 4.61. The number of nitrogens with zero attached hydrogens (tertiary/aromatic N) is 2. The van der Waals surface area contributed by atoms with E-state index in [-0.39, 0.29) is 5.82 Å². The summed E-state index contributed by atoms with van der Waals surface area (Å²) in [5, 5.41) is 3.01. The maximum atomic E-state index is 13.3. The normalized spacial score (nSPS) is 10.2. The van der Waals surface area contributed by atoms with Crippen LogP contribution in [0.15, 0.2) is 24.3 Å². The maximum Gasteiger partial charge on any atom is 0.239 e. The number of nitrogen functional groups attached to an aromatic ring is 1. The molecule has 0 amide bonds. The fourth-order valence-electron chi connectivity index (χ4n) is 1.65. The lowest BCUT2D eigenvalue weighted by molar-refractivity contribution is 0.627. The molecular weight excluding hydrogens is 233 g/mol. The van der Waals surface area contributed by atoms with Gasteiger partial charge >= 0.3 is 0 Å². The molecular formula is C12H14FN5. The van der Waals surface area contributed by atoms with Crippen molar-refractivity contribution < 1.29 is 4.39 Å². The summed E-state index contributed by atoms with van der Waals surface area (Å²) in [6, 6.07) is 6.44. The third kappa shape index (κ3) is 2.92. The number of benzene rings is 1. The Morgan fingerprint density at radius 2 is 1.89 bits per heavy atom. The number of anilines is 3. The quantitative estimate of drug-likeness (QED) is 0.573. The first-order chi connectivity index (χ1) is 8.56. The summed E-state index contributed by atoms with van der Waals surface area (Å²) in [4.78, 5) is 8.19. The summed E-state index contributed by atoms with van der Waals surface area (Å²) >= 11 is 0. The number of halogens is 1. The zero-order chi connectivity index (χ0) is 13.1. The van der Waals surface area contributed by atoms with E-state index in [4.69, 9.17) is 5.84 Å². The van der Waals surface area contributed by atoms with E-state index >= 15 is 0 Å². The Bertz CT molecular complexity index is 550. The van der Waals surface area contributed by atoms with Gasteiger partial charge in [0, 0.05) is 17.4 Å². The van der Waals surface area contributed by atoms with Crippen LogP contribution in [0.4, 0.5) is 21.8 Å². The summed E-state index contributed by atoms with van der Waals surface area (Å²) in [6.07, 6.45) is 0. The molecule has 1 aromatic heterocycles. The van der Waals surface area contributed by atoms with Crippen molar-refractivity contribution >= 4 is 17.5 Å². The van der Waals surface area contributed by atoms with Crippen LogP contribution in [0.1, 0.15) is 11.3 Å². The van der Waals surface area contributed by atoms with Crippen LogP contribution in [0.25, 0.3) is 0 Å². The Labute approximate surface area is 104 Å². The van der Waals surface area contributed by atoms with Crippen molar-refractivity contribution in [1.82, 2.24) is 9.97 Å². The summed E-state index contributed by atoms with van der Waals surface area (Å²) < 4.78 is 13.3. The average Bonchev–Trinajstić information content (AvgIpc) is 2.26. The lowest BCUT2D eigenvalue weighted by Crippen LogP contribution is -2.11. The lowest BCUT2D eigenvalue weighted by Gasteiger charge is -2.09. The van der Waals surface area contributed by atoms with E-state index in [0.29, 0.717) is 17.5 Å². The van der Waals surface area contributed by atoms with Gasteiger partial charge in [-0.15, -0.1) is 0 Å². The fourth-order valence-corrected chi connectivity index (χ4v) is 1.65. The van der Waals surface area contributed by atoms with Gasteiger partial charge in [-0.1, -0.05) is 0 Å². The van der Waals surface area contributed by atoms with Crippen LogP contribution in [-0.2, 0) is 0 Å². The SMILES string of the molecule is Cc1cc(F)cc(Nc2cc(C)nc(NN)n2)c1. The van der Waals surface area contributed by atoms with Crippen LogP contribution in [0.2, 0.25) is 0 Å². The van der Waals surface area contributed by atoms with Crippen LogP contribution < -0.4 is 16.6 Å². The highest BCUT2D eigenvalue weighted by Crippen LogP contribution is 2.19. The smallest absolute Gasteiger partial charge is 0.239 e. The lowest BCUT2D eigenvalue weighted by atomic mass is 10.2. The molecule has 1 aromatic carbocycles. The van der Waals surface area contributed by atoms with E-state index in [1.54, 1.807) is 6.07 Å². The van der Waals surface area contributed by atoms with Gasteiger partial charge in [-0.05, 0) is 37.6 Å². The molecule has 0 saturated heterocycles. The van der Waals surface area contributed by atoms with Gasteiger partial charge in [-0.2, -0.15) is 4.98 Å². The van der Waals surface area contributed by atoms with Gasteiger partial charge in [0.1, 0.15) is 11.6 Å². The molecule has 0 fully saturated rings. The van der Waals surface area contributed by atoms with E-state index in [0.717, 1.165) is 11.3 Å². The van der Waals surface area contributed by atoms with E-state index in [1.165, 1.54) is 12.1 Å². The Morgan fingerprint density at radius 3 is 2.56 bits per heavy atom. The molecule has 0 bridgehead atoms. The average molecular weight is 247 g/mol. The third-order valence-electron chi connectivity index (χ3n) is 2.30. The minimum Gasteiger partial charge on any atom is -0.340 e. The first kappa shape index (κ1) is 12.3. The monoisotopic (exact) mass is 247 g/mol. The molecule has 94 valence electrons. The fraction of sp³-hybridized carbons (Fsp3) is 0.167. The first-order valence-electron chi connectivity index (χ1n) is 5.43. The number of nitrogens with two attached hydrogens (primary N) is 1. The van der Waals surface area contributed by atoms with E-state index in [2.05, 4.69) is 20.7 Å². The molecule has 0 aliphatic heterocycles. The first-order valence-corrected chi connectivity index (χ1v) is 5.43. The zero-order valence-corrected chi connectivity index (χ0v) is 10.2. The van der Waals surface area contributed by atoms with Crippen molar-refractivity contribution in [2.45, 2.75) is 13.8 Å². The summed E-state index contributed by atoms with van der Waals surface area (Å²) in [5.74, 6) is 5.84. The Balaban J connectivity index is 2.30. The highest BCUT2D eigenvalue weighted by molar-refractivity contribution is 5.58. The van der Waals surface area contributed by atoms with E-state index in [9.17, 15) is 4.39 Å². The predicted octanol–water partition coefficient (Wildman–Crippen LogP) is 2.26. The van der Waals surface area contributed by atoms with E-state index in [1.807, 2.05) is 19.9 Å². The van der Waals surface area contributed by atoms with Crippen molar-refractivity contribution in [1.29, 1.82) is 0 Å². The molecule has 0 radical (unpaired) electrons. The highest BCUT2D eigenvalue weighted by Gasteiger charge is 2.03. The van der Waals surface area contributed by atoms with Gasteiger partial charge in [-0.3, -0.25) is 5.43 Å². The second kappa shape index (κ2) is 4.97.